The molecule has 0 radical (unpaired) electrons. The zero-order chi connectivity index (χ0) is 15.5. The first-order valence-corrected chi connectivity index (χ1v) is 8.21. The minimum atomic E-state index is -3.50. The van der Waals surface area contributed by atoms with Gasteiger partial charge in [-0.15, -0.1) is 0 Å². The zero-order valence-electron chi connectivity index (χ0n) is 11.7. The van der Waals surface area contributed by atoms with Crippen LogP contribution in [0.3, 0.4) is 0 Å². The van der Waals surface area contributed by atoms with Gasteiger partial charge in [0.15, 0.2) is 0 Å². The van der Waals surface area contributed by atoms with Crippen molar-refractivity contribution < 1.29 is 13.2 Å². The molecule has 0 spiro atoms. The van der Waals surface area contributed by atoms with Gasteiger partial charge in [-0.3, -0.25) is 4.79 Å². The van der Waals surface area contributed by atoms with E-state index < -0.39 is 10.0 Å². The smallest absolute Gasteiger partial charge is 0.251 e. The highest BCUT2D eigenvalue weighted by Crippen LogP contribution is 2.22. The van der Waals surface area contributed by atoms with E-state index in [1.807, 2.05) is 6.07 Å². The van der Waals surface area contributed by atoms with Gasteiger partial charge in [0.05, 0.1) is 17.4 Å². The van der Waals surface area contributed by atoms with Crippen molar-refractivity contribution in [3.8, 4) is 6.07 Å². The normalized spacial score (nSPS) is 16.0. The number of benzene rings is 1. The standard InChI is InChI=1S/C14H17N3O3S/c1-10(8-9-15)16-14(18)11-2-6-13(7-3-11)21(19,20)17-12-4-5-12/h2-3,6-7,10,12,17H,4-5,8H2,1H3,(H,16,18)/t10-/m0/s1. The van der Waals surface area contributed by atoms with Crippen LogP contribution in [0.4, 0.5) is 0 Å². The van der Waals surface area contributed by atoms with Gasteiger partial charge in [0, 0.05) is 17.6 Å². The lowest BCUT2D eigenvalue weighted by atomic mass is 10.2. The highest BCUT2D eigenvalue weighted by Gasteiger charge is 2.27. The molecule has 112 valence electrons. The van der Waals surface area contributed by atoms with Gasteiger partial charge in [0.25, 0.3) is 5.91 Å². The second kappa shape index (κ2) is 6.24. The van der Waals surface area contributed by atoms with Gasteiger partial charge in [-0.2, -0.15) is 5.26 Å². The number of nitrogens with zero attached hydrogens (tertiary/aromatic N) is 1. The van der Waals surface area contributed by atoms with Gasteiger partial charge in [0.2, 0.25) is 10.0 Å². The number of nitriles is 1. The maximum absolute atomic E-state index is 12.0. The van der Waals surface area contributed by atoms with Crippen LogP contribution in [0.15, 0.2) is 29.2 Å². The van der Waals surface area contributed by atoms with Crippen molar-refractivity contribution in [2.45, 2.75) is 43.2 Å². The highest BCUT2D eigenvalue weighted by molar-refractivity contribution is 7.89. The fraction of sp³-hybridized carbons (Fsp3) is 0.429. The lowest BCUT2D eigenvalue weighted by molar-refractivity contribution is 0.0940. The Labute approximate surface area is 124 Å². The van der Waals surface area contributed by atoms with Crippen LogP contribution in [0.2, 0.25) is 0 Å². The van der Waals surface area contributed by atoms with Crippen molar-refractivity contribution in [2.75, 3.05) is 0 Å². The summed E-state index contributed by atoms with van der Waals surface area (Å²) in [5, 5.41) is 11.2. The molecule has 1 saturated carbocycles. The maximum atomic E-state index is 12.0. The molecule has 0 saturated heterocycles. The van der Waals surface area contributed by atoms with Crippen LogP contribution < -0.4 is 10.0 Å². The third kappa shape index (κ3) is 4.28. The predicted molar refractivity (Wildman–Crippen MR) is 76.9 cm³/mol. The fourth-order valence-electron chi connectivity index (χ4n) is 1.77. The summed E-state index contributed by atoms with van der Waals surface area (Å²) in [6, 6.07) is 7.53. The lowest BCUT2D eigenvalue weighted by Gasteiger charge is -2.11. The van der Waals surface area contributed by atoms with Crippen LogP contribution in [0.25, 0.3) is 0 Å². The molecule has 0 bridgehead atoms. The molecule has 1 aromatic carbocycles. The van der Waals surface area contributed by atoms with Crippen LogP contribution >= 0.6 is 0 Å². The number of amides is 1. The molecule has 1 aromatic rings. The first-order valence-electron chi connectivity index (χ1n) is 6.72. The van der Waals surface area contributed by atoms with Crippen molar-refractivity contribution in [1.29, 1.82) is 5.26 Å². The average molecular weight is 307 g/mol. The minimum absolute atomic E-state index is 0.0461. The van der Waals surface area contributed by atoms with E-state index in [2.05, 4.69) is 10.0 Å². The van der Waals surface area contributed by atoms with E-state index in [1.54, 1.807) is 6.92 Å². The van der Waals surface area contributed by atoms with E-state index in [1.165, 1.54) is 24.3 Å². The second-order valence-electron chi connectivity index (χ2n) is 5.16. The number of rotatable bonds is 6. The van der Waals surface area contributed by atoms with E-state index >= 15 is 0 Å². The van der Waals surface area contributed by atoms with E-state index in [0.29, 0.717) is 5.56 Å². The Morgan fingerprint density at radius 2 is 2.00 bits per heavy atom. The molecule has 2 rings (SSSR count). The molecule has 0 unspecified atom stereocenters. The van der Waals surface area contributed by atoms with E-state index in [9.17, 15) is 13.2 Å². The van der Waals surface area contributed by atoms with Gasteiger partial charge in [-0.25, -0.2) is 13.1 Å². The van der Waals surface area contributed by atoms with Gasteiger partial charge >= 0.3 is 0 Å². The van der Waals surface area contributed by atoms with Crippen LogP contribution in [0.5, 0.6) is 0 Å². The number of nitrogens with one attached hydrogen (secondary N) is 2. The molecule has 1 amide bonds. The number of hydrogen-bond donors (Lipinski definition) is 2. The van der Waals surface area contributed by atoms with Crippen molar-refractivity contribution in [2.24, 2.45) is 0 Å². The summed E-state index contributed by atoms with van der Waals surface area (Å²) in [5.74, 6) is -0.322. The molecule has 1 aliphatic rings. The number of hydrogen-bond acceptors (Lipinski definition) is 4. The number of carbonyl (C=O) groups excluding carboxylic acids is 1. The number of sulfonamides is 1. The Bertz CT molecular complexity index is 658. The molecular formula is C14H17N3O3S. The quantitative estimate of drug-likeness (QED) is 0.823. The monoisotopic (exact) mass is 307 g/mol. The van der Waals surface area contributed by atoms with Crippen molar-refractivity contribution in [3.05, 3.63) is 29.8 Å². The Kier molecular flexibility index (Phi) is 4.60. The summed E-state index contributed by atoms with van der Waals surface area (Å²) in [6.45, 7) is 1.74. The van der Waals surface area contributed by atoms with Crippen molar-refractivity contribution in [1.82, 2.24) is 10.0 Å². The third-order valence-corrected chi connectivity index (χ3v) is 4.64. The van der Waals surface area contributed by atoms with Crippen LogP contribution in [-0.2, 0) is 10.0 Å². The van der Waals surface area contributed by atoms with Crippen LogP contribution in [0.1, 0.15) is 36.5 Å². The van der Waals surface area contributed by atoms with Gasteiger partial charge in [0.1, 0.15) is 0 Å². The molecule has 1 fully saturated rings. The van der Waals surface area contributed by atoms with Gasteiger partial charge < -0.3 is 5.32 Å². The summed E-state index contributed by atoms with van der Waals surface area (Å²) in [6.07, 6.45) is 1.97. The first kappa shape index (κ1) is 15.5. The average Bonchev–Trinajstić information content (AvgIpc) is 3.22. The van der Waals surface area contributed by atoms with Crippen LogP contribution in [0, 0.1) is 11.3 Å². The molecule has 0 heterocycles. The molecular weight excluding hydrogens is 290 g/mol. The fourth-order valence-corrected chi connectivity index (χ4v) is 3.07. The summed E-state index contributed by atoms with van der Waals surface area (Å²) in [7, 11) is -3.50. The molecule has 6 nitrogen and oxygen atoms in total. The maximum Gasteiger partial charge on any atom is 0.251 e. The molecule has 2 N–H and O–H groups in total. The topological polar surface area (TPSA) is 99.1 Å². The van der Waals surface area contributed by atoms with E-state index in [-0.39, 0.29) is 29.3 Å². The first-order chi connectivity index (χ1) is 9.92. The lowest BCUT2D eigenvalue weighted by Crippen LogP contribution is -2.32. The Hall–Kier alpha value is -1.91. The Balaban J connectivity index is 2.04. The minimum Gasteiger partial charge on any atom is -0.349 e. The van der Waals surface area contributed by atoms with E-state index in [0.717, 1.165) is 12.8 Å². The Morgan fingerprint density at radius 3 is 2.52 bits per heavy atom. The molecule has 1 atom stereocenters. The Morgan fingerprint density at radius 1 is 1.38 bits per heavy atom. The SMILES string of the molecule is C[C@@H](CC#N)NC(=O)c1ccc(S(=O)(=O)NC2CC2)cc1. The molecule has 7 heteroatoms. The summed E-state index contributed by atoms with van der Waals surface area (Å²) >= 11 is 0. The van der Waals surface area contributed by atoms with Crippen molar-refractivity contribution in [3.63, 3.8) is 0 Å². The molecule has 0 aliphatic heterocycles. The molecule has 1 aliphatic carbocycles. The van der Waals surface area contributed by atoms with E-state index in [4.69, 9.17) is 5.26 Å². The van der Waals surface area contributed by atoms with Gasteiger partial charge in [-0.05, 0) is 44.0 Å². The van der Waals surface area contributed by atoms with Crippen LogP contribution in [-0.4, -0.2) is 26.4 Å². The number of carbonyl (C=O) groups is 1. The highest BCUT2D eigenvalue weighted by atomic mass is 32.2. The largest absolute Gasteiger partial charge is 0.349 e. The van der Waals surface area contributed by atoms with Gasteiger partial charge in [-0.1, -0.05) is 0 Å². The molecule has 0 aromatic heterocycles. The second-order valence-corrected chi connectivity index (χ2v) is 6.87. The summed E-state index contributed by atoms with van der Waals surface area (Å²) in [4.78, 5) is 12.0. The summed E-state index contributed by atoms with van der Waals surface area (Å²) < 4.78 is 26.5. The molecule has 21 heavy (non-hydrogen) atoms. The predicted octanol–water partition coefficient (Wildman–Crippen LogP) is 1.16. The summed E-state index contributed by atoms with van der Waals surface area (Å²) in [5.41, 5.74) is 0.366. The third-order valence-electron chi connectivity index (χ3n) is 3.10. The van der Waals surface area contributed by atoms with Crippen molar-refractivity contribution >= 4 is 15.9 Å². The zero-order valence-corrected chi connectivity index (χ0v) is 12.5.